The van der Waals surface area contributed by atoms with Gasteiger partial charge in [0.05, 0.1) is 0 Å². The minimum Gasteiger partial charge on any atom is -0.462 e. The fraction of sp³-hybridized carbons (Fsp3) is 0.814. The number of hydrogen-bond donors (Lipinski definition) is 0. The van der Waals surface area contributed by atoms with Gasteiger partial charge in [0.15, 0.2) is 6.10 Å². The summed E-state index contributed by atoms with van der Waals surface area (Å²) in [5.74, 6) is -0.859. The van der Waals surface area contributed by atoms with E-state index >= 15 is 0 Å². The lowest BCUT2D eigenvalue weighted by atomic mass is 10.0. The van der Waals surface area contributed by atoms with Gasteiger partial charge in [0.1, 0.15) is 13.2 Å². The summed E-state index contributed by atoms with van der Waals surface area (Å²) in [4.78, 5) is 38.3. The van der Waals surface area contributed by atoms with E-state index in [1.54, 1.807) is 0 Å². The van der Waals surface area contributed by atoms with Gasteiger partial charge in [-0.05, 0) is 83.5 Å². The fourth-order valence-electron chi connectivity index (χ4n) is 9.79. The molecule has 0 radical (unpaired) electrons. The van der Waals surface area contributed by atoms with Gasteiger partial charge in [-0.15, -0.1) is 0 Å². The van der Waals surface area contributed by atoms with E-state index in [1.807, 2.05) is 0 Å². The second kappa shape index (κ2) is 64.6. The van der Waals surface area contributed by atoms with Crippen LogP contribution in [0.3, 0.4) is 0 Å². The van der Waals surface area contributed by atoms with Crippen LogP contribution >= 0.6 is 0 Å². The summed E-state index contributed by atoms with van der Waals surface area (Å²) in [6.45, 7) is 6.56. The zero-order valence-electron chi connectivity index (χ0n) is 50.8. The van der Waals surface area contributed by atoms with Gasteiger partial charge in [-0.1, -0.05) is 306 Å². The van der Waals surface area contributed by atoms with E-state index in [2.05, 4.69) is 81.5 Å². The van der Waals surface area contributed by atoms with E-state index in [-0.39, 0.29) is 31.1 Å². The van der Waals surface area contributed by atoms with Gasteiger partial charge in [-0.25, -0.2) is 0 Å². The average Bonchev–Trinajstić information content (AvgIpc) is 3.42. The molecule has 6 heteroatoms. The van der Waals surface area contributed by atoms with E-state index in [9.17, 15) is 14.4 Å². The van der Waals surface area contributed by atoms with Gasteiger partial charge >= 0.3 is 17.9 Å². The SMILES string of the molecule is CC/C=C\C/C=C\C/C=C\C/C=C\CCCCCCCCCCCCC(=O)OC(COC(=O)CCCCCCCCCCCC)COC(=O)CCCCCCCCCCCCCCC/C=C\CCCCCCCCCC. The van der Waals surface area contributed by atoms with Gasteiger partial charge in [-0.2, -0.15) is 0 Å². The first-order valence-electron chi connectivity index (χ1n) is 33.3. The normalized spacial score (nSPS) is 12.4. The van der Waals surface area contributed by atoms with E-state index in [4.69, 9.17) is 14.2 Å². The molecule has 0 bridgehead atoms. The predicted octanol–water partition coefficient (Wildman–Crippen LogP) is 22.7. The molecular weight excluding hydrogens is 937 g/mol. The van der Waals surface area contributed by atoms with Gasteiger partial charge in [0.25, 0.3) is 0 Å². The molecule has 0 aliphatic heterocycles. The highest BCUT2D eigenvalue weighted by Crippen LogP contribution is 2.17. The maximum absolute atomic E-state index is 12.9. The molecule has 0 saturated carbocycles. The fourth-order valence-corrected chi connectivity index (χ4v) is 9.79. The predicted molar refractivity (Wildman–Crippen MR) is 330 cm³/mol. The van der Waals surface area contributed by atoms with Gasteiger partial charge in [-0.3, -0.25) is 14.4 Å². The van der Waals surface area contributed by atoms with Crippen LogP contribution < -0.4 is 0 Å². The summed E-state index contributed by atoms with van der Waals surface area (Å²) in [7, 11) is 0. The van der Waals surface area contributed by atoms with Crippen LogP contribution in [0.15, 0.2) is 60.8 Å². The molecule has 0 aliphatic carbocycles. The second-order valence-electron chi connectivity index (χ2n) is 22.4. The van der Waals surface area contributed by atoms with Gasteiger partial charge in [0.2, 0.25) is 0 Å². The van der Waals surface area contributed by atoms with Crippen LogP contribution in [0.1, 0.15) is 348 Å². The standard InChI is InChI=1S/C70H126O6/c1-4-7-10-13-16-19-22-24-26-28-30-32-34-35-37-38-40-42-44-46-48-51-54-57-60-63-69(72)75-66-67(65-74-68(71)62-59-56-53-50-21-18-15-12-9-6-3)76-70(73)64-61-58-55-52-49-47-45-43-41-39-36-33-31-29-27-25-23-20-17-14-11-8-5-2/h8,11,17,20,25,27-28,30-31,33,67H,4-7,9-10,12-16,18-19,21-24,26,29,32,34-66H2,1-3H3/b11-8-,20-17-,27-25-,30-28-,33-31-. The number of carbonyl (C=O) groups is 3. The summed E-state index contributed by atoms with van der Waals surface area (Å²) in [5.41, 5.74) is 0. The summed E-state index contributed by atoms with van der Waals surface area (Å²) in [5, 5.41) is 0. The van der Waals surface area contributed by atoms with Gasteiger partial charge < -0.3 is 14.2 Å². The van der Waals surface area contributed by atoms with Crippen molar-refractivity contribution in [2.45, 2.75) is 354 Å². The number of unbranched alkanes of at least 4 members (excludes halogenated alkanes) is 40. The maximum Gasteiger partial charge on any atom is 0.306 e. The van der Waals surface area contributed by atoms with Crippen LogP contribution in [-0.2, 0) is 28.6 Å². The molecule has 6 nitrogen and oxygen atoms in total. The summed E-state index contributed by atoms with van der Waals surface area (Å²) < 4.78 is 16.9. The van der Waals surface area contributed by atoms with Crippen LogP contribution in [0.4, 0.5) is 0 Å². The van der Waals surface area contributed by atoms with Crippen molar-refractivity contribution in [2.75, 3.05) is 13.2 Å². The number of ether oxygens (including phenoxy) is 3. The van der Waals surface area contributed by atoms with E-state index in [0.717, 1.165) is 83.5 Å². The minimum absolute atomic E-state index is 0.0721. The first kappa shape index (κ1) is 73.1. The number of carbonyl (C=O) groups excluding carboxylic acids is 3. The summed E-state index contributed by atoms with van der Waals surface area (Å²) >= 11 is 0. The number of esters is 3. The monoisotopic (exact) mass is 1060 g/mol. The average molecular weight is 1060 g/mol. The lowest BCUT2D eigenvalue weighted by Crippen LogP contribution is -2.30. The quantitative estimate of drug-likeness (QED) is 0.0261. The lowest BCUT2D eigenvalue weighted by molar-refractivity contribution is -0.167. The smallest absolute Gasteiger partial charge is 0.306 e. The molecule has 0 heterocycles. The molecule has 0 aromatic rings. The third-order valence-corrected chi connectivity index (χ3v) is 14.8. The molecule has 76 heavy (non-hydrogen) atoms. The Morgan fingerprint density at radius 1 is 0.276 bits per heavy atom. The first-order chi connectivity index (χ1) is 37.5. The minimum atomic E-state index is -0.775. The highest BCUT2D eigenvalue weighted by Gasteiger charge is 2.19. The number of allylic oxidation sites excluding steroid dienone is 10. The Hall–Kier alpha value is -2.89. The van der Waals surface area contributed by atoms with Crippen molar-refractivity contribution in [3.8, 4) is 0 Å². The van der Waals surface area contributed by atoms with Crippen molar-refractivity contribution < 1.29 is 28.6 Å². The third kappa shape index (κ3) is 62.0. The highest BCUT2D eigenvalue weighted by atomic mass is 16.6. The van der Waals surface area contributed by atoms with Gasteiger partial charge in [0, 0.05) is 19.3 Å². The van der Waals surface area contributed by atoms with E-state index in [0.29, 0.717) is 19.3 Å². The molecular formula is C70H126O6. The van der Waals surface area contributed by atoms with Crippen molar-refractivity contribution in [3.05, 3.63) is 60.8 Å². The third-order valence-electron chi connectivity index (χ3n) is 14.8. The number of rotatable bonds is 61. The molecule has 0 saturated heterocycles. The molecule has 0 spiro atoms. The Bertz CT molecular complexity index is 1360. The molecule has 0 fully saturated rings. The molecule has 1 atom stereocenters. The maximum atomic E-state index is 12.9. The molecule has 0 rings (SSSR count). The first-order valence-corrected chi connectivity index (χ1v) is 33.3. The van der Waals surface area contributed by atoms with E-state index in [1.165, 1.54) is 225 Å². The highest BCUT2D eigenvalue weighted by molar-refractivity contribution is 5.71. The Balaban J connectivity index is 4.20. The van der Waals surface area contributed by atoms with Crippen molar-refractivity contribution in [1.82, 2.24) is 0 Å². The molecule has 0 aromatic heterocycles. The van der Waals surface area contributed by atoms with E-state index < -0.39 is 6.10 Å². The molecule has 1 unspecified atom stereocenters. The van der Waals surface area contributed by atoms with Crippen molar-refractivity contribution >= 4 is 17.9 Å². The Kier molecular flexibility index (Phi) is 62.2. The second-order valence-corrected chi connectivity index (χ2v) is 22.4. The molecule has 0 N–H and O–H groups in total. The zero-order chi connectivity index (χ0) is 55.0. The Labute approximate surface area is 472 Å². The Morgan fingerprint density at radius 3 is 0.816 bits per heavy atom. The summed E-state index contributed by atoms with van der Waals surface area (Å²) in [6, 6.07) is 0. The van der Waals surface area contributed by atoms with Crippen LogP contribution in [0, 0.1) is 0 Å². The summed E-state index contributed by atoms with van der Waals surface area (Å²) in [6.07, 6.45) is 82.4. The van der Waals surface area contributed by atoms with Crippen LogP contribution in [0.5, 0.6) is 0 Å². The lowest BCUT2D eigenvalue weighted by Gasteiger charge is -2.18. The van der Waals surface area contributed by atoms with Crippen molar-refractivity contribution in [2.24, 2.45) is 0 Å². The molecule has 442 valence electrons. The van der Waals surface area contributed by atoms with Crippen LogP contribution in [0.2, 0.25) is 0 Å². The zero-order valence-corrected chi connectivity index (χ0v) is 50.8. The van der Waals surface area contributed by atoms with Crippen molar-refractivity contribution in [1.29, 1.82) is 0 Å². The Morgan fingerprint density at radius 2 is 0.513 bits per heavy atom. The molecule has 0 aromatic carbocycles. The topological polar surface area (TPSA) is 78.9 Å². The largest absolute Gasteiger partial charge is 0.462 e. The number of hydrogen-bond acceptors (Lipinski definition) is 6. The molecule has 0 amide bonds. The van der Waals surface area contributed by atoms with Crippen molar-refractivity contribution in [3.63, 3.8) is 0 Å². The van der Waals surface area contributed by atoms with Crippen LogP contribution in [-0.4, -0.2) is 37.2 Å². The molecule has 0 aliphatic rings. The van der Waals surface area contributed by atoms with Crippen LogP contribution in [0.25, 0.3) is 0 Å².